The zero-order valence-electron chi connectivity index (χ0n) is 5.47. The Morgan fingerprint density at radius 3 is 2.64 bits per heavy atom. The van der Waals surface area contributed by atoms with Gasteiger partial charge >= 0.3 is 0 Å². The summed E-state index contributed by atoms with van der Waals surface area (Å²) >= 11 is 6.54. The Bertz CT molecular complexity index is 300. The second kappa shape index (κ2) is 3.44. The highest BCUT2D eigenvalue weighted by Crippen LogP contribution is 2.14. The standard InChI is InChI=1S/C7H5FINS/c8-6-4(7(10)11)2-1-3-5(6)9/h1-3H,(H2,10,11). The molecule has 0 aliphatic heterocycles. The van der Waals surface area contributed by atoms with E-state index in [0.29, 0.717) is 9.13 Å². The summed E-state index contributed by atoms with van der Waals surface area (Å²) in [6.45, 7) is 0. The maximum absolute atomic E-state index is 13.1. The van der Waals surface area contributed by atoms with E-state index in [1.54, 1.807) is 18.2 Å². The lowest BCUT2D eigenvalue weighted by Crippen LogP contribution is -2.12. The van der Waals surface area contributed by atoms with Gasteiger partial charge in [0.15, 0.2) is 0 Å². The maximum Gasteiger partial charge on any atom is 0.146 e. The molecule has 11 heavy (non-hydrogen) atoms. The van der Waals surface area contributed by atoms with Crippen LogP contribution in [0.15, 0.2) is 18.2 Å². The number of halogens is 2. The van der Waals surface area contributed by atoms with Crippen LogP contribution in [0.4, 0.5) is 4.39 Å². The summed E-state index contributed by atoms with van der Waals surface area (Å²) in [7, 11) is 0. The van der Waals surface area contributed by atoms with Crippen LogP contribution in [0.2, 0.25) is 0 Å². The molecule has 1 aromatic rings. The van der Waals surface area contributed by atoms with E-state index in [-0.39, 0.29) is 10.8 Å². The van der Waals surface area contributed by atoms with Crippen LogP contribution >= 0.6 is 34.8 Å². The lowest BCUT2D eigenvalue weighted by atomic mass is 10.2. The van der Waals surface area contributed by atoms with Crippen LogP contribution in [0.5, 0.6) is 0 Å². The summed E-state index contributed by atoms with van der Waals surface area (Å²) in [6.07, 6.45) is 0. The second-order valence-electron chi connectivity index (χ2n) is 1.97. The first-order chi connectivity index (χ1) is 5.13. The summed E-state index contributed by atoms with van der Waals surface area (Å²) in [5.41, 5.74) is 5.58. The third kappa shape index (κ3) is 1.87. The van der Waals surface area contributed by atoms with Crippen molar-refractivity contribution in [2.24, 2.45) is 5.73 Å². The first kappa shape index (κ1) is 8.86. The van der Waals surface area contributed by atoms with Crippen LogP contribution in [-0.4, -0.2) is 4.99 Å². The molecule has 0 amide bonds. The SMILES string of the molecule is NC(=S)c1cccc(I)c1F. The van der Waals surface area contributed by atoms with E-state index in [1.165, 1.54) is 0 Å². The molecule has 1 rings (SSSR count). The molecule has 0 aliphatic rings. The van der Waals surface area contributed by atoms with Gasteiger partial charge in [0.05, 0.1) is 0 Å². The van der Waals surface area contributed by atoms with Crippen LogP contribution in [0.1, 0.15) is 5.56 Å². The quantitative estimate of drug-likeness (QED) is 0.630. The van der Waals surface area contributed by atoms with Crippen LogP contribution in [0, 0.1) is 9.39 Å². The summed E-state index contributed by atoms with van der Waals surface area (Å²) in [5, 5.41) is 0. The second-order valence-corrected chi connectivity index (χ2v) is 3.57. The maximum atomic E-state index is 13.1. The Kier molecular flexibility index (Phi) is 2.78. The van der Waals surface area contributed by atoms with Crippen molar-refractivity contribution in [2.75, 3.05) is 0 Å². The van der Waals surface area contributed by atoms with Crippen LogP contribution < -0.4 is 5.73 Å². The Balaban J connectivity index is 3.27. The molecule has 0 atom stereocenters. The van der Waals surface area contributed by atoms with Gasteiger partial charge in [0.1, 0.15) is 10.8 Å². The van der Waals surface area contributed by atoms with Gasteiger partial charge in [0, 0.05) is 9.13 Å². The van der Waals surface area contributed by atoms with E-state index in [1.807, 2.05) is 22.6 Å². The third-order valence-corrected chi connectivity index (χ3v) is 2.27. The van der Waals surface area contributed by atoms with Crippen LogP contribution in [0.25, 0.3) is 0 Å². The molecule has 0 aromatic heterocycles. The minimum Gasteiger partial charge on any atom is -0.389 e. The fourth-order valence-corrected chi connectivity index (χ4v) is 1.35. The molecule has 0 unspecified atom stereocenters. The molecule has 0 saturated heterocycles. The van der Waals surface area contributed by atoms with Crippen molar-refractivity contribution in [1.82, 2.24) is 0 Å². The summed E-state index contributed by atoms with van der Waals surface area (Å²) in [4.78, 5) is 0.0982. The molecule has 0 aliphatic carbocycles. The topological polar surface area (TPSA) is 26.0 Å². The predicted molar refractivity (Wildman–Crippen MR) is 55.0 cm³/mol. The van der Waals surface area contributed by atoms with Gasteiger partial charge in [0.2, 0.25) is 0 Å². The van der Waals surface area contributed by atoms with Crippen molar-refractivity contribution >= 4 is 39.8 Å². The van der Waals surface area contributed by atoms with Gasteiger partial charge in [-0.15, -0.1) is 0 Å². The van der Waals surface area contributed by atoms with E-state index in [9.17, 15) is 4.39 Å². The van der Waals surface area contributed by atoms with Gasteiger partial charge in [-0.05, 0) is 34.7 Å². The molecule has 0 heterocycles. The normalized spacial score (nSPS) is 9.64. The molecular formula is C7H5FINS. The molecule has 0 radical (unpaired) electrons. The van der Waals surface area contributed by atoms with Crippen molar-refractivity contribution < 1.29 is 4.39 Å². The zero-order valence-corrected chi connectivity index (χ0v) is 8.45. The molecule has 1 nitrogen and oxygen atoms in total. The molecule has 2 N–H and O–H groups in total. The van der Waals surface area contributed by atoms with Crippen molar-refractivity contribution in [3.63, 3.8) is 0 Å². The molecule has 0 bridgehead atoms. The Labute approximate surface area is 82.9 Å². The molecule has 0 fully saturated rings. The Morgan fingerprint density at radius 2 is 2.18 bits per heavy atom. The zero-order chi connectivity index (χ0) is 8.43. The van der Waals surface area contributed by atoms with Crippen molar-refractivity contribution in [3.05, 3.63) is 33.1 Å². The van der Waals surface area contributed by atoms with Gasteiger partial charge in [-0.2, -0.15) is 0 Å². The Hall–Kier alpha value is -0.230. The van der Waals surface area contributed by atoms with Crippen LogP contribution in [0.3, 0.4) is 0 Å². The molecule has 4 heteroatoms. The number of hydrogen-bond acceptors (Lipinski definition) is 1. The van der Waals surface area contributed by atoms with Gasteiger partial charge in [-0.25, -0.2) is 4.39 Å². The van der Waals surface area contributed by atoms with Gasteiger partial charge in [-0.3, -0.25) is 0 Å². The molecule has 0 spiro atoms. The number of hydrogen-bond donors (Lipinski definition) is 1. The minimum absolute atomic E-state index is 0.0982. The van der Waals surface area contributed by atoms with Gasteiger partial charge < -0.3 is 5.73 Å². The average Bonchev–Trinajstić information content (AvgIpc) is 1.94. The number of benzene rings is 1. The highest BCUT2D eigenvalue weighted by atomic mass is 127. The van der Waals surface area contributed by atoms with Crippen molar-refractivity contribution in [3.8, 4) is 0 Å². The first-order valence-corrected chi connectivity index (χ1v) is 4.35. The number of rotatable bonds is 1. The van der Waals surface area contributed by atoms with Gasteiger partial charge in [-0.1, -0.05) is 18.3 Å². The third-order valence-electron chi connectivity index (χ3n) is 1.22. The highest BCUT2D eigenvalue weighted by molar-refractivity contribution is 14.1. The minimum atomic E-state index is -0.333. The summed E-state index contributed by atoms with van der Waals surface area (Å²) < 4.78 is 13.6. The van der Waals surface area contributed by atoms with E-state index < -0.39 is 0 Å². The van der Waals surface area contributed by atoms with Crippen molar-refractivity contribution in [1.29, 1.82) is 0 Å². The highest BCUT2D eigenvalue weighted by Gasteiger charge is 2.06. The fraction of sp³-hybridized carbons (Fsp3) is 0. The van der Waals surface area contributed by atoms with Gasteiger partial charge in [0.25, 0.3) is 0 Å². The fourth-order valence-electron chi connectivity index (χ4n) is 0.694. The molecule has 58 valence electrons. The van der Waals surface area contributed by atoms with E-state index in [4.69, 9.17) is 5.73 Å². The molecule has 1 aromatic carbocycles. The smallest absolute Gasteiger partial charge is 0.146 e. The van der Waals surface area contributed by atoms with E-state index >= 15 is 0 Å². The lowest BCUT2D eigenvalue weighted by Gasteiger charge is -2.00. The monoisotopic (exact) mass is 281 g/mol. The predicted octanol–water partition coefficient (Wildman–Crippen LogP) is 2.06. The van der Waals surface area contributed by atoms with Crippen molar-refractivity contribution in [2.45, 2.75) is 0 Å². The number of nitrogens with two attached hydrogens (primary N) is 1. The molecular weight excluding hydrogens is 276 g/mol. The lowest BCUT2D eigenvalue weighted by molar-refractivity contribution is 0.618. The van der Waals surface area contributed by atoms with E-state index in [2.05, 4.69) is 12.2 Å². The molecule has 0 saturated carbocycles. The van der Waals surface area contributed by atoms with Crippen LogP contribution in [-0.2, 0) is 0 Å². The largest absolute Gasteiger partial charge is 0.389 e. The summed E-state index contributed by atoms with van der Waals surface area (Å²) in [5.74, 6) is -0.333. The average molecular weight is 281 g/mol. The Morgan fingerprint density at radius 1 is 1.55 bits per heavy atom. The first-order valence-electron chi connectivity index (χ1n) is 2.86. The number of thiocarbonyl (C=S) groups is 1. The summed E-state index contributed by atoms with van der Waals surface area (Å²) in [6, 6.07) is 4.96. The van der Waals surface area contributed by atoms with E-state index in [0.717, 1.165) is 0 Å².